The summed E-state index contributed by atoms with van der Waals surface area (Å²) in [6, 6.07) is 11.5. The molecule has 1 aliphatic heterocycles. The van der Waals surface area contributed by atoms with Crippen molar-refractivity contribution in [3.05, 3.63) is 93.9 Å². The number of anilines is 3. The van der Waals surface area contributed by atoms with Crippen LogP contribution in [-0.2, 0) is 18.9 Å². The predicted octanol–water partition coefficient (Wildman–Crippen LogP) is 4.60. The van der Waals surface area contributed by atoms with Crippen molar-refractivity contribution < 1.29 is 9.53 Å². The van der Waals surface area contributed by atoms with Crippen LogP contribution in [0.1, 0.15) is 44.6 Å². The van der Waals surface area contributed by atoms with Gasteiger partial charge in [0.1, 0.15) is 33.8 Å². The molecule has 7 aromatic rings. The largest absolute Gasteiger partial charge is 0.476 e. The van der Waals surface area contributed by atoms with E-state index in [1.807, 2.05) is 53.2 Å². The Bertz CT molecular complexity index is 2870. The summed E-state index contributed by atoms with van der Waals surface area (Å²) < 4.78 is 11.3. The molecule has 0 bridgehead atoms. The number of aryl methyl sites for hydroxylation is 2. The Morgan fingerprint density at radius 1 is 0.833 bits per heavy atom. The summed E-state index contributed by atoms with van der Waals surface area (Å²) >= 11 is 0. The van der Waals surface area contributed by atoms with Crippen LogP contribution in [0.25, 0.3) is 50.0 Å². The fourth-order valence-corrected chi connectivity index (χ4v) is 7.17. The normalized spacial score (nSPS) is 18.7. The Hall–Kier alpha value is -6.64. The molecule has 3 N–H and O–H groups in total. The smallest absolute Gasteiger partial charge is 0.268 e. The summed E-state index contributed by atoms with van der Waals surface area (Å²) in [6.07, 6.45) is 11.3. The van der Waals surface area contributed by atoms with Crippen molar-refractivity contribution in [2.45, 2.75) is 56.7 Å². The highest BCUT2D eigenvalue weighted by atomic mass is 16.5. The Balaban J connectivity index is 1.07. The van der Waals surface area contributed by atoms with E-state index in [0.717, 1.165) is 35.2 Å². The van der Waals surface area contributed by atoms with E-state index in [9.17, 15) is 14.4 Å². The second-order valence-electron chi connectivity index (χ2n) is 15.0. The molecule has 15 heteroatoms. The van der Waals surface area contributed by atoms with Crippen LogP contribution >= 0.6 is 0 Å². The fraction of sp³-hybridized carbons (Fsp3) is 0.282. The third kappa shape index (κ3) is 5.25. The number of hydrogen-bond acceptors (Lipinski definition) is 11. The van der Waals surface area contributed by atoms with Gasteiger partial charge in [-0.15, -0.1) is 0 Å². The lowest BCUT2D eigenvalue weighted by molar-refractivity contribution is -0.129. The zero-order valence-electron chi connectivity index (χ0n) is 29.9. The lowest BCUT2D eigenvalue weighted by Gasteiger charge is -2.33. The number of rotatable bonds is 7. The number of aromatic nitrogens is 8. The summed E-state index contributed by atoms with van der Waals surface area (Å²) in [5, 5.41) is 10.9. The zero-order valence-corrected chi connectivity index (χ0v) is 29.9. The molecular weight excluding hydrogens is 687 g/mol. The first-order valence-corrected chi connectivity index (χ1v) is 17.9. The van der Waals surface area contributed by atoms with Crippen molar-refractivity contribution in [3.63, 3.8) is 0 Å². The molecule has 2 aliphatic carbocycles. The standard InChI is InChI=1S/C39H35N11O4/c1-39(2)38(53)47-29-12-20(25-15-28-31(36(51)48(3)18-42-28)34(45-25)43-21-6-7-21)11-23(33(29)54-39)22-13-26(22)46-35-32-27(41-17-49(4)37(32)52)14-24(44-35)19-5-8-30-40-9-10-50(30)16-19/h5,8-12,14-18,21-22,26H,6-7,13H2,1-4H3,(H,43,45)(H,44,46)(H,47,53). The molecule has 2 unspecified atom stereocenters. The van der Waals surface area contributed by atoms with Gasteiger partial charge in [0.15, 0.2) is 5.60 Å². The average Bonchev–Trinajstić information content (AvgIpc) is 4.08. The van der Waals surface area contributed by atoms with E-state index in [2.05, 4.69) is 30.9 Å². The minimum Gasteiger partial charge on any atom is -0.476 e. The van der Waals surface area contributed by atoms with Crippen LogP contribution in [0.15, 0.2) is 77.2 Å². The second kappa shape index (κ2) is 11.4. The van der Waals surface area contributed by atoms with Gasteiger partial charge in [-0.3, -0.25) is 14.4 Å². The van der Waals surface area contributed by atoms with Crippen LogP contribution < -0.4 is 31.8 Å². The van der Waals surface area contributed by atoms with E-state index in [1.165, 1.54) is 21.8 Å². The van der Waals surface area contributed by atoms with E-state index in [0.29, 0.717) is 62.7 Å². The Labute approximate surface area is 307 Å². The summed E-state index contributed by atoms with van der Waals surface area (Å²) in [5.41, 5.74) is 4.63. The molecule has 10 rings (SSSR count). The molecule has 2 atom stereocenters. The summed E-state index contributed by atoms with van der Waals surface area (Å²) in [7, 11) is 3.34. The van der Waals surface area contributed by atoms with Gasteiger partial charge in [-0.05, 0) is 69.5 Å². The first-order valence-electron chi connectivity index (χ1n) is 17.9. The number of benzene rings is 1. The number of pyridine rings is 3. The van der Waals surface area contributed by atoms with Crippen molar-refractivity contribution in [2.75, 3.05) is 16.0 Å². The van der Waals surface area contributed by atoms with Crippen molar-refractivity contribution in [3.8, 4) is 28.3 Å². The molecule has 2 fully saturated rings. The topological polar surface area (TPSA) is 175 Å². The monoisotopic (exact) mass is 721 g/mol. The zero-order chi connectivity index (χ0) is 37.0. The van der Waals surface area contributed by atoms with Crippen molar-refractivity contribution >= 4 is 50.7 Å². The van der Waals surface area contributed by atoms with Crippen LogP contribution in [0.2, 0.25) is 0 Å². The van der Waals surface area contributed by atoms with Gasteiger partial charge in [-0.2, -0.15) is 0 Å². The van der Waals surface area contributed by atoms with E-state index in [-0.39, 0.29) is 35.0 Å². The maximum absolute atomic E-state index is 13.5. The number of carbonyl (C=O) groups excluding carboxylic acids is 1. The number of nitrogens with one attached hydrogen (secondary N) is 3. The van der Waals surface area contributed by atoms with Gasteiger partial charge in [0, 0.05) is 67.4 Å². The molecule has 6 aromatic heterocycles. The van der Waals surface area contributed by atoms with Crippen LogP contribution in [0, 0.1) is 0 Å². The molecule has 1 aromatic carbocycles. The Morgan fingerprint density at radius 2 is 1.50 bits per heavy atom. The first-order chi connectivity index (χ1) is 26.0. The number of carbonyl (C=O) groups is 1. The van der Waals surface area contributed by atoms with Crippen LogP contribution in [0.5, 0.6) is 5.75 Å². The molecule has 0 spiro atoms. The number of nitrogens with zero attached hydrogens (tertiary/aromatic N) is 8. The van der Waals surface area contributed by atoms with Crippen LogP contribution in [0.3, 0.4) is 0 Å². The van der Waals surface area contributed by atoms with Gasteiger partial charge < -0.3 is 34.2 Å². The molecule has 2 saturated carbocycles. The predicted molar refractivity (Wildman–Crippen MR) is 204 cm³/mol. The van der Waals surface area contributed by atoms with Crippen LogP contribution in [-0.4, -0.2) is 62.0 Å². The van der Waals surface area contributed by atoms with Gasteiger partial charge in [-0.1, -0.05) is 0 Å². The molecule has 0 saturated heterocycles. The summed E-state index contributed by atoms with van der Waals surface area (Å²) in [4.78, 5) is 63.4. The van der Waals surface area contributed by atoms with Crippen molar-refractivity contribution in [2.24, 2.45) is 14.1 Å². The van der Waals surface area contributed by atoms with Crippen molar-refractivity contribution in [1.29, 1.82) is 0 Å². The second-order valence-corrected chi connectivity index (χ2v) is 15.0. The van der Waals surface area contributed by atoms with Crippen LogP contribution in [0.4, 0.5) is 17.3 Å². The molecule has 54 heavy (non-hydrogen) atoms. The number of hydrogen-bond donors (Lipinski definition) is 3. The number of amides is 1. The van der Waals surface area contributed by atoms with Gasteiger partial charge in [0.25, 0.3) is 17.0 Å². The Morgan fingerprint density at radius 3 is 2.19 bits per heavy atom. The molecular formula is C39H35N11O4. The van der Waals surface area contributed by atoms with Crippen molar-refractivity contribution in [1.82, 2.24) is 38.5 Å². The van der Waals surface area contributed by atoms with Gasteiger partial charge in [0.2, 0.25) is 0 Å². The maximum Gasteiger partial charge on any atom is 0.268 e. The van der Waals surface area contributed by atoms with Gasteiger partial charge >= 0.3 is 0 Å². The average molecular weight is 722 g/mol. The molecule has 270 valence electrons. The lowest BCUT2D eigenvalue weighted by atomic mass is 9.97. The highest BCUT2D eigenvalue weighted by Gasteiger charge is 2.45. The van der Waals surface area contributed by atoms with E-state index < -0.39 is 5.60 Å². The first kappa shape index (κ1) is 32.0. The fourth-order valence-electron chi connectivity index (χ4n) is 7.17. The van der Waals surface area contributed by atoms with Gasteiger partial charge in [-0.25, -0.2) is 24.9 Å². The number of fused-ring (bicyclic) bond motifs is 4. The number of imidazole rings is 1. The quantitative estimate of drug-likeness (QED) is 0.210. The highest BCUT2D eigenvalue weighted by molar-refractivity contribution is 6.02. The van der Waals surface area contributed by atoms with E-state index in [4.69, 9.17) is 14.7 Å². The van der Waals surface area contributed by atoms with Gasteiger partial charge in [0.05, 0.1) is 40.8 Å². The highest BCUT2D eigenvalue weighted by Crippen LogP contribution is 2.52. The van der Waals surface area contributed by atoms with E-state index >= 15 is 0 Å². The summed E-state index contributed by atoms with van der Waals surface area (Å²) in [5.74, 6) is 1.18. The molecule has 7 heterocycles. The SMILES string of the molecule is Cn1cnc2cc(-c3cc4c(c(C5CC5Nc5nc(-c6ccc7nccn7c6)cc6ncn(C)c(=O)c56)c3)OC(C)(C)C(=O)N4)nc(NC3CC3)c2c1=O. The lowest BCUT2D eigenvalue weighted by Crippen LogP contribution is -2.46. The maximum atomic E-state index is 13.5. The third-order valence-electron chi connectivity index (χ3n) is 10.5. The number of ether oxygens (including phenoxy) is 1. The molecule has 0 radical (unpaired) electrons. The molecule has 3 aliphatic rings. The third-order valence-corrected chi connectivity index (χ3v) is 10.5. The molecule has 15 nitrogen and oxygen atoms in total. The minimum absolute atomic E-state index is 0.0669. The molecule has 1 amide bonds. The Kier molecular flexibility index (Phi) is 6.78. The summed E-state index contributed by atoms with van der Waals surface area (Å²) in [6.45, 7) is 3.48. The van der Waals surface area contributed by atoms with E-state index in [1.54, 1.807) is 34.1 Å². The minimum atomic E-state index is -1.10.